The molecule has 1 N–H and O–H groups in total. The van der Waals surface area contributed by atoms with Crippen molar-refractivity contribution in [3.63, 3.8) is 0 Å². The molecule has 102 valence electrons. The highest BCUT2D eigenvalue weighted by Gasteiger charge is 2.48. The number of nitrogens with one attached hydrogen (secondary N) is 1. The molecular weight excluding hydrogens is 242 g/mol. The molecule has 0 radical (unpaired) electrons. The highest BCUT2D eigenvalue weighted by Crippen LogP contribution is 2.42. The number of ether oxygens (including phenoxy) is 1. The molecule has 0 amide bonds. The van der Waals surface area contributed by atoms with E-state index in [2.05, 4.69) is 49.8 Å². The van der Waals surface area contributed by atoms with E-state index >= 15 is 0 Å². The van der Waals surface area contributed by atoms with Crippen molar-refractivity contribution < 1.29 is 4.74 Å². The lowest BCUT2D eigenvalue weighted by molar-refractivity contribution is -0.116. The molecule has 2 rings (SSSR count). The molecule has 3 unspecified atom stereocenters. The first kappa shape index (κ1) is 14.0. The van der Waals surface area contributed by atoms with Gasteiger partial charge in [0, 0.05) is 24.1 Å². The highest BCUT2D eigenvalue weighted by molar-refractivity contribution is 7.07. The van der Waals surface area contributed by atoms with E-state index in [0.717, 1.165) is 19.4 Å². The molecule has 1 aromatic rings. The minimum Gasteiger partial charge on any atom is -0.378 e. The van der Waals surface area contributed by atoms with E-state index < -0.39 is 0 Å². The Morgan fingerprint density at radius 1 is 1.56 bits per heavy atom. The van der Waals surface area contributed by atoms with E-state index in [1.165, 1.54) is 5.56 Å². The van der Waals surface area contributed by atoms with Gasteiger partial charge >= 0.3 is 0 Å². The third kappa shape index (κ3) is 2.95. The summed E-state index contributed by atoms with van der Waals surface area (Å²) in [7, 11) is 0. The maximum absolute atomic E-state index is 5.77. The predicted molar refractivity (Wildman–Crippen MR) is 78.2 cm³/mol. The van der Waals surface area contributed by atoms with Gasteiger partial charge in [0.05, 0.1) is 6.10 Å². The SMILES string of the molecule is CCOC1CC(NC(C)Cc2ccsc2)C1(C)C. The van der Waals surface area contributed by atoms with Crippen LogP contribution in [0.3, 0.4) is 0 Å². The molecule has 0 aliphatic heterocycles. The van der Waals surface area contributed by atoms with Crippen LogP contribution >= 0.6 is 11.3 Å². The van der Waals surface area contributed by atoms with Gasteiger partial charge in [-0.05, 0) is 49.1 Å². The van der Waals surface area contributed by atoms with Crippen molar-refractivity contribution in [3.8, 4) is 0 Å². The molecule has 0 saturated heterocycles. The fourth-order valence-electron chi connectivity index (χ4n) is 2.82. The standard InChI is InChI=1S/C15H25NOS/c1-5-17-14-9-13(15(14,3)4)16-11(2)8-12-6-7-18-10-12/h6-7,10-11,13-14,16H,5,8-9H2,1-4H3. The fraction of sp³-hybridized carbons (Fsp3) is 0.733. The Morgan fingerprint density at radius 2 is 2.33 bits per heavy atom. The van der Waals surface area contributed by atoms with Gasteiger partial charge in [-0.2, -0.15) is 11.3 Å². The second kappa shape index (κ2) is 5.72. The Labute approximate surface area is 115 Å². The van der Waals surface area contributed by atoms with Crippen LogP contribution in [0.5, 0.6) is 0 Å². The summed E-state index contributed by atoms with van der Waals surface area (Å²) in [6.45, 7) is 9.81. The normalized spacial score (nSPS) is 27.8. The van der Waals surface area contributed by atoms with Crippen molar-refractivity contribution in [3.05, 3.63) is 22.4 Å². The minimum atomic E-state index is 0.263. The van der Waals surface area contributed by atoms with Crippen LogP contribution in [0.15, 0.2) is 16.8 Å². The quantitative estimate of drug-likeness (QED) is 0.852. The number of hydrogen-bond acceptors (Lipinski definition) is 3. The zero-order valence-electron chi connectivity index (χ0n) is 11.9. The lowest BCUT2D eigenvalue weighted by atomic mass is 9.64. The average Bonchev–Trinajstić information content (AvgIpc) is 2.80. The molecule has 3 heteroatoms. The van der Waals surface area contributed by atoms with Crippen LogP contribution < -0.4 is 5.32 Å². The van der Waals surface area contributed by atoms with E-state index in [4.69, 9.17) is 4.74 Å². The van der Waals surface area contributed by atoms with Gasteiger partial charge in [0.1, 0.15) is 0 Å². The van der Waals surface area contributed by atoms with Crippen LogP contribution in [0, 0.1) is 5.41 Å². The van der Waals surface area contributed by atoms with Gasteiger partial charge in [-0.1, -0.05) is 13.8 Å². The Bertz CT molecular complexity index is 361. The van der Waals surface area contributed by atoms with Gasteiger partial charge in [-0.3, -0.25) is 0 Å². The molecule has 1 aliphatic rings. The predicted octanol–water partition coefficient (Wildman–Crippen LogP) is 3.47. The summed E-state index contributed by atoms with van der Waals surface area (Å²) in [6, 6.07) is 3.34. The first-order chi connectivity index (χ1) is 8.54. The molecule has 0 bridgehead atoms. The van der Waals surface area contributed by atoms with Crippen molar-refractivity contribution in [1.82, 2.24) is 5.32 Å². The Kier molecular flexibility index (Phi) is 4.46. The van der Waals surface area contributed by atoms with Gasteiger partial charge in [0.2, 0.25) is 0 Å². The molecule has 1 aromatic heterocycles. The molecule has 2 nitrogen and oxygen atoms in total. The second-order valence-electron chi connectivity index (χ2n) is 5.96. The van der Waals surface area contributed by atoms with Crippen molar-refractivity contribution in [2.75, 3.05) is 6.61 Å². The maximum Gasteiger partial charge on any atom is 0.0655 e. The van der Waals surface area contributed by atoms with Gasteiger partial charge < -0.3 is 10.1 Å². The smallest absolute Gasteiger partial charge is 0.0655 e. The summed E-state index contributed by atoms with van der Waals surface area (Å²) >= 11 is 1.78. The lowest BCUT2D eigenvalue weighted by Crippen LogP contribution is -2.62. The van der Waals surface area contributed by atoms with E-state index in [1.54, 1.807) is 11.3 Å². The summed E-state index contributed by atoms with van der Waals surface area (Å²) < 4.78 is 5.77. The summed E-state index contributed by atoms with van der Waals surface area (Å²) in [6.07, 6.45) is 2.69. The number of hydrogen-bond donors (Lipinski definition) is 1. The third-order valence-electron chi connectivity index (χ3n) is 4.15. The molecule has 1 aliphatic carbocycles. The van der Waals surface area contributed by atoms with Gasteiger partial charge in [-0.25, -0.2) is 0 Å². The van der Waals surface area contributed by atoms with E-state index in [-0.39, 0.29) is 5.41 Å². The molecular formula is C15H25NOS. The first-order valence-corrected chi connectivity index (χ1v) is 7.87. The van der Waals surface area contributed by atoms with Gasteiger partial charge in [-0.15, -0.1) is 0 Å². The molecule has 1 heterocycles. The fourth-order valence-corrected chi connectivity index (χ4v) is 3.50. The lowest BCUT2D eigenvalue weighted by Gasteiger charge is -2.52. The second-order valence-corrected chi connectivity index (χ2v) is 6.74. The topological polar surface area (TPSA) is 21.3 Å². The summed E-state index contributed by atoms with van der Waals surface area (Å²) in [5.41, 5.74) is 1.71. The molecule has 1 saturated carbocycles. The van der Waals surface area contributed by atoms with Crippen LogP contribution in [0.4, 0.5) is 0 Å². The van der Waals surface area contributed by atoms with Crippen molar-refractivity contribution in [1.29, 1.82) is 0 Å². The zero-order chi connectivity index (χ0) is 13.2. The summed E-state index contributed by atoms with van der Waals surface area (Å²) in [4.78, 5) is 0. The third-order valence-corrected chi connectivity index (χ3v) is 4.89. The summed E-state index contributed by atoms with van der Waals surface area (Å²) in [5.74, 6) is 0. The van der Waals surface area contributed by atoms with E-state index in [1.807, 2.05) is 0 Å². The maximum atomic E-state index is 5.77. The number of thiophene rings is 1. The first-order valence-electron chi connectivity index (χ1n) is 6.92. The van der Waals surface area contributed by atoms with Crippen molar-refractivity contribution in [2.24, 2.45) is 5.41 Å². The molecule has 0 aromatic carbocycles. The average molecular weight is 267 g/mol. The molecule has 1 fully saturated rings. The van der Waals surface area contributed by atoms with E-state index in [0.29, 0.717) is 18.2 Å². The van der Waals surface area contributed by atoms with Gasteiger partial charge in [0.25, 0.3) is 0 Å². The molecule has 3 atom stereocenters. The van der Waals surface area contributed by atoms with Crippen molar-refractivity contribution >= 4 is 11.3 Å². The monoisotopic (exact) mass is 267 g/mol. The number of rotatable bonds is 6. The van der Waals surface area contributed by atoms with Crippen LogP contribution in [0.2, 0.25) is 0 Å². The van der Waals surface area contributed by atoms with Crippen LogP contribution in [-0.4, -0.2) is 24.8 Å². The van der Waals surface area contributed by atoms with E-state index in [9.17, 15) is 0 Å². The molecule has 18 heavy (non-hydrogen) atoms. The van der Waals surface area contributed by atoms with Crippen molar-refractivity contribution in [2.45, 2.75) is 58.7 Å². The minimum absolute atomic E-state index is 0.263. The van der Waals surface area contributed by atoms with Crippen LogP contribution in [-0.2, 0) is 11.2 Å². The summed E-state index contributed by atoms with van der Waals surface area (Å²) in [5, 5.41) is 8.15. The Morgan fingerprint density at radius 3 is 2.89 bits per heavy atom. The van der Waals surface area contributed by atoms with Gasteiger partial charge in [0.15, 0.2) is 0 Å². The Hall–Kier alpha value is -0.380. The van der Waals surface area contributed by atoms with Crippen LogP contribution in [0.25, 0.3) is 0 Å². The zero-order valence-corrected chi connectivity index (χ0v) is 12.7. The molecule has 0 spiro atoms. The largest absolute Gasteiger partial charge is 0.378 e. The Balaban J connectivity index is 1.80. The van der Waals surface area contributed by atoms with Crippen LogP contribution in [0.1, 0.15) is 39.7 Å². The highest BCUT2D eigenvalue weighted by atomic mass is 32.1.